The van der Waals surface area contributed by atoms with Crippen molar-refractivity contribution in [2.45, 2.75) is 31.3 Å². The summed E-state index contributed by atoms with van der Waals surface area (Å²) in [6.07, 6.45) is 0.00227. The first-order chi connectivity index (χ1) is 19.9. The Bertz CT molecular complexity index is 1620. The third-order valence-electron chi connectivity index (χ3n) is 8.23. The Morgan fingerprint density at radius 1 is 0.780 bits per heavy atom. The maximum absolute atomic E-state index is 15.6. The van der Waals surface area contributed by atoms with Gasteiger partial charge in [-0.15, -0.1) is 0 Å². The molecule has 0 bridgehead atoms. The van der Waals surface area contributed by atoms with Crippen LogP contribution in [-0.2, 0) is 39.3 Å². The van der Waals surface area contributed by atoms with Crippen molar-refractivity contribution in [2.24, 2.45) is 5.92 Å². The number of anilines is 1. The van der Waals surface area contributed by atoms with Crippen LogP contribution in [0.25, 0.3) is 0 Å². The van der Waals surface area contributed by atoms with Crippen LogP contribution in [0.5, 0.6) is 5.75 Å². The molecule has 7 heteroatoms. The van der Waals surface area contributed by atoms with Gasteiger partial charge in [0.25, 0.3) is 0 Å². The number of para-hydroxylation sites is 2. The van der Waals surface area contributed by atoms with E-state index in [1.54, 1.807) is 24.3 Å². The van der Waals surface area contributed by atoms with Gasteiger partial charge in [0.1, 0.15) is 11.6 Å². The number of carbonyl (C=O) groups is 3. The molecule has 0 spiro atoms. The van der Waals surface area contributed by atoms with Crippen molar-refractivity contribution in [2.75, 3.05) is 12.0 Å². The number of nitrogens with zero attached hydrogens (tertiary/aromatic N) is 2. The van der Waals surface area contributed by atoms with E-state index in [0.29, 0.717) is 16.9 Å². The Balaban J connectivity index is 1.47. The summed E-state index contributed by atoms with van der Waals surface area (Å²) in [4.78, 5) is 45.0. The van der Waals surface area contributed by atoms with E-state index < -0.39 is 23.1 Å². The molecule has 41 heavy (non-hydrogen) atoms. The fourth-order valence-electron chi connectivity index (χ4n) is 6.31. The second-order valence-corrected chi connectivity index (χ2v) is 10.5. The van der Waals surface area contributed by atoms with Gasteiger partial charge in [-0.25, -0.2) is 4.39 Å². The van der Waals surface area contributed by atoms with Gasteiger partial charge in [0.2, 0.25) is 17.7 Å². The molecule has 6 rings (SSSR count). The number of carbonyl (C=O) groups excluding carboxylic acids is 3. The van der Waals surface area contributed by atoms with E-state index in [-0.39, 0.29) is 43.4 Å². The predicted molar refractivity (Wildman–Crippen MR) is 153 cm³/mol. The highest BCUT2D eigenvalue weighted by molar-refractivity contribution is 6.14. The van der Waals surface area contributed by atoms with Gasteiger partial charge in [-0.2, -0.15) is 0 Å². The van der Waals surface area contributed by atoms with Crippen LogP contribution in [0.15, 0.2) is 103 Å². The minimum Gasteiger partial charge on any atom is -0.496 e. The van der Waals surface area contributed by atoms with Crippen LogP contribution in [0.3, 0.4) is 0 Å². The van der Waals surface area contributed by atoms with Crippen molar-refractivity contribution in [1.82, 2.24) is 4.90 Å². The molecule has 0 unspecified atom stereocenters. The molecule has 4 aromatic rings. The molecule has 2 heterocycles. The van der Waals surface area contributed by atoms with Gasteiger partial charge in [-0.3, -0.25) is 19.3 Å². The summed E-state index contributed by atoms with van der Waals surface area (Å²) < 4.78 is 21.1. The van der Waals surface area contributed by atoms with Gasteiger partial charge in [0.05, 0.1) is 37.2 Å². The molecule has 0 N–H and O–H groups in total. The van der Waals surface area contributed by atoms with E-state index in [9.17, 15) is 14.4 Å². The zero-order valence-electron chi connectivity index (χ0n) is 22.6. The highest BCUT2D eigenvalue weighted by Crippen LogP contribution is 2.53. The molecule has 6 nitrogen and oxygen atoms in total. The van der Waals surface area contributed by atoms with E-state index in [1.165, 1.54) is 23.0 Å². The first-order valence-electron chi connectivity index (χ1n) is 13.6. The van der Waals surface area contributed by atoms with Crippen LogP contribution < -0.4 is 9.64 Å². The Kier molecular flexibility index (Phi) is 6.87. The van der Waals surface area contributed by atoms with E-state index in [0.717, 1.165) is 11.1 Å². The van der Waals surface area contributed by atoms with Gasteiger partial charge in [-0.1, -0.05) is 91.0 Å². The van der Waals surface area contributed by atoms with Crippen molar-refractivity contribution >= 4 is 23.4 Å². The lowest BCUT2D eigenvalue weighted by atomic mass is 9.66. The smallest absolute Gasteiger partial charge is 0.239 e. The van der Waals surface area contributed by atoms with Crippen LogP contribution in [0, 0.1) is 11.7 Å². The van der Waals surface area contributed by atoms with Gasteiger partial charge in [0.15, 0.2) is 0 Å². The lowest BCUT2D eigenvalue weighted by Gasteiger charge is -2.33. The number of imide groups is 1. The molecule has 2 aliphatic heterocycles. The topological polar surface area (TPSA) is 66.9 Å². The number of amides is 3. The molecular formula is C34H29FN2O4. The Morgan fingerprint density at radius 2 is 1.44 bits per heavy atom. The standard InChI is InChI=1S/C34H29FN2O4/c1-41-29-18-9-8-15-25(29)22-36-30(38)19-27(32(36)39)34(20-23-11-4-2-5-12-23)26-16-10-17-28(35)31(26)37(33(34)40)21-24-13-6-3-7-14-24/h2-18,27H,19-22H2,1H3/t27-,34+/m0/s1. The summed E-state index contributed by atoms with van der Waals surface area (Å²) >= 11 is 0. The minimum absolute atomic E-state index is 0.0253. The molecule has 4 aromatic carbocycles. The molecule has 1 saturated heterocycles. The first-order valence-corrected chi connectivity index (χ1v) is 13.6. The molecule has 2 atom stereocenters. The summed E-state index contributed by atoms with van der Waals surface area (Å²) in [6.45, 7) is 0.168. The number of fused-ring (bicyclic) bond motifs is 1. The Labute approximate surface area is 238 Å². The lowest BCUT2D eigenvalue weighted by molar-refractivity contribution is -0.142. The fourth-order valence-corrected chi connectivity index (χ4v) is 6.31. The average molecular weight is 549 g/mol. The quantitative estimate of drug-likeness (QED) is 0.275. The third kappa shape index (κ3) is 4.47. The first kappa shape index (κ1) is 26.4. The number of halogens is 1. The number of hydrogen-bond donors (Lipinski definition) is 0. The van der Waals surface area contributed by atoms with Crippen molar-refractivity contribution in [1.29, 1.82) is 0 Å². The van der Waals surface area contributed by atoms with Crippen LogP contribution >= 0.6 is 0 Å². The monoisotopic (exact) mass is 548 g/mol. The minimum atomic E-state index is -1.46. The maximum atomic E-state index is 15.6. The number of benzene rings is 4. The van der Waals surface area contributed by atoms with Crippen LogP contribution in [0.1, 0.15) is 28.7 Å². The summed E-state index contributed by atoms with van der Waals surface area (Å²) in [5.41, 5.74) is 1.48. The second-order valence-electron chi connectivity index (χ2n) is 10.5. The average Bonchev–Trinajstić information content (AvgIpc) is 3.41. The van der Waals surface area contributed by atoms with Gasteiger partial charge >= 0.3 is 0 Å². The molecule has 0 saturated carbocycles. The van der Waals surface area contributed by atoms with Crippen molar-refractivity contribution < 1.29 is 23.5 Å². The van der Waals surface area contributed by atoms with E-state index in [4.69, 9.17) is 4.74 Å². The van der Waals surface area contributed by atoms with Gasteiger partial charge in [0, 0.05) is 12.0 Å². The third-order valence-corrected chi connectivity index (χ3v) is 8.23. The van der Waals surface area contributed by atoms with Crippen molar-refractivity contribution in [3.05, 3.63) is 131 Å². The largest absolute Gasteiger partial charge is 0.496 e. The van der Waals surface area contributed by atoms with Crippen molar-refractivity contribution in [3.63, 3.8) is 0 Å². The zero-order valence-corrected chi connectivity index (χ0v) is 22.6. The van der Waals surface area contributed by atoms with E-state index >= 15 is 4.39 Å². The summed E-state index contributed by atoms with van der Waals surface area (Å²) in [7, 11) is 1.54. The highest BCUT2D eigenvalue weighted by Gasteiger charge is 2.61. The second kappa shape index (κ2) is 10.7. The predicted octanol–water partition coefficient (Wildman–Crippen LogP) is 5.44. The van der Waals surface area contributed by atoms with Crippen molar-refractivity contribution in [3.8, 4) is 5.75 Å². The molecule has 206 valence electrons. The zero-order chi connectivity index (χ0) is 28.6. The van der Waals surface area contributed by atoms with E-state index in [2.05, 4.69) is 0 Å². The number of hydrogen-bond acceptors (Lipinski definition) is 4. The number of likely N-dealkylation sites (tertiary alicyclic amines) is 1. The van der Waals surface area contributed by atoms with Gasteiger partial charge in [-0.05, 0) is 35.2 Å². The Hall–Kier alpha value is -4.78. The molecule has 0 aromatic heterocycles. The maximum Gasteiger partial charge on any atom is 0.239 e. The summed E-state index contributed by atoms with van der Waals surface area (Å²) in [5, 5.41) is 0. The van der Waals surface area contributed by atoms with Crippen LogP contribution in [0.2, 0.25) is 0 Å². The van der Waals surface area contributed by atoms with Gasteiger partial charge < -0.3 is 9.64 Å². The SMILES string of the molecule is COc1ccccc1CN1C(=O)C[C@H]([C@]2(Cc3ccccc3)C(=O)N(Cc3ccccc3)c3c(F)cccc32)C1=O. The fraction of sp³-hybridized carbons (Fsp3) is 0.206. The summed E-state index contributed by atoms with van der Waals surface area (Å²) in [6, 6.07) is 30.6. The van der Waals surface area contributed by atoms with Crippen LogP contribution in [0.4, 0.5) is 10.1 Å². The summed E-state index contributed by atoms with van der Waals surface area (Å²) in [5.74, 6) is -2.17. The number of methoxy groups -OCH3 is 1. The molecular weight excluding hydrogens is 519 g/mol. The molecule has 2 aliphatic rings. The number of rotatable bonds is 8. The number of ether oxygens (including phenoxy) is 1. The molecule has 1 fully saturated rings. The van der Waals surface area contributed by atoms with Crippen LogP contribution in [-0.4, -0.2) is 29.7 Å². The molecule has 0 radical (unpaired) electrons. The molecule has 0 aliphatic carbocycles. The lowest BCUT2D eigenvalue weighted by Crippen LogP contribution is -2.49. The normalized spacial score (nSPS) is 20.0. The van der Waals surface area contributed by atoms with E-state index in [1.807, 2.05) is 72.8 Å². The molecule has 3 amide bonds. The highest BCUT2D eigenvalue weighted by atomic mass is 19.1. The Morgan fingerprint density at radius 3 is 2.15 bits per heavy atom.